The average Bonchev–Trinajstić information content (AvgIpc) is 2.95. The fraction of sp³-hybridized carbons (Fsp3) is 0.533. The van der Waals surface area contributed by atoms with E-state index in [4.69, 9.17) is 4.74 Å². The van der Waals surface area contributed by atoms with Gasteiger partial charge in [-0.3, -0.25) is 4.79 Å². The van der Waals surface area contributed by atoms with E-state index in [1.807, 2.05) is 5.32 Å². The van der Waals surface area contributed by atoms with E-state index in [0.717, 1.165) is 25.7 Å². The van der Waals surface area contributed by atoms with Crippen molar-refractivity contribution in [3.63, 3.8) is 0 Å². The molecule has 2 rings (SSSR count). The number of amides is 1. The standard InChI is InChI=1S/C15H18F3NO2/c16-15(17,18)10-19-14(20)13(11-6-2-1-3-7-11)21-12-8-4-5-9-12/h1-3,6-7,12-13H,4-5,8-10H2,(H,19,20)/t13-/m1/s1. The lowest BCUT2D eigenvalue weighted by Crippen LogP contribution is -2.38. The Morgan fingerprint density at radius 2 is 1.86 bits per heavy atom. The van der Waals surface area contributed by atoms with Crippen molar-refractivity contribution in [3.8, 4) is 0 Å². The number of ether oxygens (including phenoxy) is 1. The fourth-order valence-corrected chi connectivity index (χ4v) is 2.42. The van der Waals surface area contributed by atoms with Gasteiger partial charge in [-0.15, -0.1) is 0 Å². The molecule has 0 spiro atoms. The van der Waals surface area contributed by atoms with Crippen LogP contribution in [-0.4, -0.2) is 24.7 Å². The molecule has 1 aromatic rings. The van der Waals surface area contributed by atoms with Crippen molar-refractivity contribution in [1.29, 1.82) is 0 Å². The summed E-state index contributed by atoms with van der Waals surface area (Å²) < 4.78 is 42.4. The topological polar surface area (TPSA) is 38.3 Å². The zero-order valence-electron chi connectivity index (χ0n) is 11.5. The number of rotatable bonds is 5. The minimum atomic E-state index is -4.43. The van der Waals surface area contributed by atoms with Gasteiger partial charge >= 0.3 is 6.18 Å². The van der Waals surface area contributed by atoms with Gasteiger partial charge in [-0.2, -0.15) is 13.2 Å². The summed E-state index contributed by atoms with van der Waals surface area (Å²) in [6, 6.07) is 8.62. The summed E-state index contributed by atoms with van der Waals surface area (Å²) in [5.41, 5.74) is 0.573. The molecule has 0 unspecified atom stereocenters. The van der Waals surface area contributed by atoms with Crippen LogP contribution in [0.15, 0.2) is 30.3 Å². The van der Waals surface area contributed by atoms with E-state index in [1.165, 1.54) is 0 Å². The van der Waals surface area contributed by atoms with Crippen LogP contribution in [0.3, 0.4) is 0 Å². The molecule has 1 N–H and O–H groups in total. The number of benzene rings is 1. The second-order valence-corrected chi connectivity index (χ2v) is 5.17. The number of alkyl halides is 3. The third-order valence-electron chi connectivity index (χ3n) is 3.43. The molecule has 1 fully saturated rings. The van der Waals surface area contributed by atoms with Gasteiger partial charge in [-0.25, -0.2) is 0 Å². The lowest BCUT2D eigenvalue weighted by Gasteiger charge is -2.22. The van der Waals surface area contributed by atoms with Crippen molar-refractivity contribution in [1.82, 2.24) is 5.32 Å². The molecular formula is C15H18F3NO2. The van der Waals surface area contributed by atoms with E-state index in [1.54, 1.807) is 30.3 Å². The van der Waals surface area contributed by atoms with Crippen molar-refractivity contribution >= 4 is 5.91 Å². The second kappa shape index (κ2) is 6.93. The Hall–Kier alpha value is -1.56. The van der Waals surface area contributed by atoms with Crippen LogP contribution in [0.5, 0.6) is 0 Å². The van der Waals surface area contributed by atoms with Crippen LogP contribution in [-0.2, 0) is 9.53 Å². The van der Waals surface area contributed by atoms with Gasteiger partial charge in [0.1, 0.15) is 6.54 Å². The normalized spacial score (nSPS) is 17.7. The monoisotopic (exact) mass is 301 g/mol. The van der Waals surface area contributed by atoms with E-state index in [9.17, 15) is 18.0 Å². The number of carbonyl (C=O) groups excluding carboxylic acids is 1. The van der Waals surface area contributed by atoms with Crippen LogP contribution in [0.1, 0.15) is 37.4 Å². The smallest absolute Gasteiger partial charge is 0.360 e. The van der Waals surface area contributed by atoms with E-state index in [2.05, 4.69) is 0 Å². The summed E-state index contributed by atoms with van der Waals surface area (Å²) in [6.07, 6.45) is -1.74. The highest BCUT2D eigenvalue weighted by molar-refractivity contribution is 5.82. The molecule has 0 heterocycles. The summed E-state index contributed by atoms with van der Waals surface area (Å²) in [4.78, 5) is 12.0. The van der Waals surface area contributed by atoms with Gasteiger partial charge in [0.05, 0.1) is 6.10 Å². The van der Waals surface area contributed by atoms with Gasteiger partial charge in [-0.1, -0.05) is 43.2 Å². The highest BCUT2D eigenvalue weighted by Crippen LogP contribution is 2.28. The highest BCUT2D eigenvalue weighted by Gasteiger charge is 2.32. The third kappa shape index (κ3) is 5.04. The Morgan fingerprint density at radius 3 is 2.43 bits per heavy atom. The molecule has 1 aliphatic carbocycles. The van der Waals surface area contributed by atoms with Crippen LogP contribution in [0, 0.1) is 0 Å². The van der Waals surface area contributed by atoms with Gasteiger partial charge in [0.15, 0.2) is 6.10 Å². The van der Waals surface area contributed by atoms with Crippen LogP contribution in [0.25, 0.3) is 0 Å². The van der Waals surface area contributed by atoms with Crippen molar-refractivity contribution in [2.45, 2.75) is 44.1 Å². The molecule has 1 aliphatic rings. The number of nitrogens with one attached hydrogen (secondary N) is 1. The Labute approximate surface area is 121 Å². The number of hydrogen-bond acceptors (Lipinski definition) is 2. The summed E-state index contributed by atoms with van der Waals surface area (Å²) in [7, 11) is 0. The molecule has 1 aromatic carbocycles. The van der Waals surface area contributed by atoms with Crippen molar-refractivity contribution < 1.29 is 22.7 Å². The van der Waals surface area contributed by atoms with Crippen molar-refractivity contribution in [2.24, 2.45) is 0 Å². The van der Waals surface area contributed by atoms with Crippen LogP contribution in [0.4, 0.5) is 13.2 Å². The van der Waals surface area contributed by atoms with E-state index in [0.29, 0.717) is 5.56 Å². The van der Waals surface area contributed by atoms with E-state index >= 15 is 0 Å². The Morgan fingerprint density at radius 1 is 1.24 bits per heavy atom. The van der Waals surface area contributed by atoms with Gasteiger partial charge in [0, 0.05) is 0 Å². The van der Waals surface area contributed by atoms with Crippen LogP contribution >= 0.6 is 0 Å². The fourth-order valence-electron chi connectivity index (χ4n) is 2.42. The number of halogens is 3. The predicted octanol–water partition coefficient (Wildman–Crippen LogP) is 3.37. The van der Waals surface area contributed by atoms with E-state index < -0.39 is 24.7 Å². The van der Waals surface area contributed by atoms with Gasteiger partial charge in [0.2, 0.25) is 0 Å². The van der Waals surface area contributed by atoms with E-state index in [-0.39, 0.29) is 6.10 Å². The molecule has 0 radical (unpaired) electrons. The third-order valence-corrected chi connectivity index (χ3v) is 3.43. The molecule has 21 heavy (non-hydrogen) atoms. The molecule has 3 nitrogen and oxygen atoms in total. The molecule has 1 atom stereocenters. The second-order valence-electron chi connectivity index (χ2n) is 5.17. The Kier molecular flexibility index (Phi) is 5.22. The van der Waals surface area contributed by atoms with Gasteiger partial charge < -0.3 is 10.1 Å². The molecule has 1 saturated carbocycles. The number of carbonyl (C=O) groups is 1. The van der Waals surface area contributed by atoms with Gasteiger partial charge in [-0.05, 0) is 18.4 Å². The largest absolute Gasteiger partial charge is 0.405 e. The summed E-state index contributed by atoms with van der Waals surface area (Å²) in [6.45, 7) is -1.34. The molecule has 0 bridgehead atoms. The minimum absolute atomic E-state index is 0.0631. The SMILES string of the molecule is O=C(NCC(F)(F)F)[C@H](OC1CCCC1)c1ccccc1. The Balaban J connectivity index is 2.05. The maximum absolute atomic E-state index is 12.2. The molecule has 116 valence electrons. The number of hydrogen-bond donors (Lipinski definition) is 1. The molecule has 0 aliphatic heterocycles. The van der Waals surface area contributed by atoms with Crippen LogP contribution in [0.2, 0.25) is 0 Å². The lowest BCUT2D eigenvalue weighted by atomic mass is 10.1. The zero-order valence-corrected chi connectivity index (χ0v) is 11.5. The quantitative estimate of drug-likeness (QED) is 0.905. The van der Waals surface area contributed by atoms with Crippen molar-refractivity contribution in [2.75, 3.05) is 6.54 Å². The first kappa shape index (κ1) is 15.8. The Bertz CT molecular complexity index is 456. The minimum Gasteiger partial charge on any atom is -0.360 e. The molecule has 0 aromatic heterocycles. The van der Waals surface area contributed by atoms with Crippen molar-refractivity contribution in [3.05, 3.63) is 35.9 Å². The highest BCUT2D eigenvalue weighted by atomic mass is 19.4. The maximum Gasteiger partial charge on any atom is 0.405 e. The zero-order chi connectivity index (χ0) is 15.3. The summed E-state index contributed by atoms with van der Waals surface area (Å²) >= 11 is 0. The first-order valence-electron chi connectivity index (χ1n) is 7.00. The average molecular weight is 301 g/mol. The van der Waals surface area contributed by atoms with Gasteiger partial charge in [0.25, 0.3) is 5.91 Å². The first-order chi connectivity index (χ1) is 9.96. The first-order valence-corrected chi connectivity index (χ1v) is 7.00. The van der Waals surface area contributed by atoms with Crippen LogP contribution < -0.4 is 5.32 Å². The summed E-state index contributed by atoms with van der Waals surface area (Å²) in [5.74, 6) is -0.745. The maximum atomic E-state index is 12.2. The predicted molar refractivity (Wildman–Crippen MR) is 71.6 cm³/mol. The lowest BCUT2D eigenvalue weighted by molar-refractivity contribution is -0.148. The summed E-state index contributed by atoms with van der Waals surface area (Å²) in [5, 5.41) is 1.91. The molecule has 0 saturated heterocycles. The molecule has 1 amide bonds. The molecule has 6 heteroatoms. The molecular weight excluding hydrogens is 283 g/mol.